The van der Waals surface area contributed by atoms with Crippen molar-refractivity contribution in [3.8, 4) is 0 Å². The van der Waals surface area contributed by atoms with Crippen molar-refractivity contribution in [3.05, 3.63) is 0 Å². The minimum atomic E-state index is -0.172. The molecule has 0 aromatic heterocycles. The van der Waals surface area contributed by atoms with E-state index in [2.05, 4.69) is 0 Å². The van der Waals surface area contributed by atoms with Crippen LogP contribution in [0.4, 0.5) is 0 Å². The minimum absolute atomic E-state index is 0.172. The predicted molar refractivity (Wildman–Crippen MR) is 84.8 cm³/mol. The SMILES string of the molecule is ClC(Cl)CCC[Si]CCC[Si]CCCC(Cl)Cl. The summed E-state index contributed by atoms with van der Waals surface area (Å²) in [5, 5.41) is 0. The Bertz CT molecular complexity index is 140. The number of rotatable bonds is 12. The van der Waals surface area contributed by atoms with Gasteiger partial charge in [-0.3, -0.25) is 0 Å². The van der Waals surface area contributed by atoms with Crippen LogP contribution in [0.2, 0.25) is 24.2 Å². The van der Waals surface area contributed by atoms with Crippen LogP contribution in [-0.2, 0) is 0 Å². The molecule has 0 spiro atoms. The molecular weight excluding hydrogens is 330 g/mol. The fourth-order valence-corrected chi connectivity index (χ4v) is 4.58. The van der Waals surface area contributed by atoms with Crippen molar-refractivity contribution >= 4 is 65.4 Å². The Morgan fingerprint density at radius 1 is 0.588 bits per heavy atom. The van der Waals surface area contributed by atoms with Gasteiger partial charge in [0.1, 0.15) is 9.67 Å². The quantitative estimate of drug-likeness (QED) is 0.243. The summed E-state index contributed by atoms with van der Waals surface area (Å²) in [5.41, 5.74) is 0. The van der Waals surface area contributed by atoms with Crippen LogP contribution in [0.15, 0.2) is 0 Å². The van der Waals surface area contributed by atoms with Crippen LogP contribution in [0.5, 0.6) is 0 Å². The topological polar surface area (TPSA) is 0 Å². The lowest BCUT2D eigenvalue weighted by Crippen LogP contribution is -1.95. The van der Waals surface area contributed by atoms with Crippen LogP contribution >= 0.6 is 46.4 Å². The molecule has 0 bridgehead atoms. The van der Waals surface area contributed by atoms with Gasteiger partial charge < -0.3 is 0 Å². The largest absolute Gasteiger partial charge is 0.107 e. The molecule has 0 unspecified atom stereocenters. The van der Waals surface area contributed by atoms with E-state index in [0.29, 0.717) is 0 Å². The molecule has 0 saturated carbocycles. The summed E-state index contributed by atoms with van der Waals surface area (Å²) in [4.78, 5) is -0.344. The average Bonchev–Trinajstić information content (AvgIpc) is 2.25. The molecule has 100 valence electrons. The van der Waals surface area contributed by atoms with Crippen molar-refractivity contribution in [3.63, 3.8) is 0 Å². The number of alkyl halides is 4. The summed E-state index contributed by atoms with van der Waals surface area (Å²) in [6.07, 6.45) is 5.59. The molecule has 0 fully saturated rings. The van der Waals surface area contributed by atoms with Crippen LogP contribution in [0.3, 0.4) is 0 Å². The Morgan fingerprint density at radius 3 is 1.29 bits per heavy atom. The first-order valence-electron chi connectivity index (χ1n) is 6.10. The van der Waals surface area contributed by atoms with Gasteiger partial charge in [-0.25, -0.2) is 0 Å². The molecule has 0 amide bonds. The van der Waals surface area contributed by atoms with Crippen molar-refractivity contribution < 1.29 is 0 Å². The third-order valence-electron chi connectivity index (χ3n) is 2.26. The molecule has 0 nitrogen and oxygen atoms in total. The molecule has 0 N–H and O–H groups in total. The molecule has 0 atom stereocenters. The molecule has 0 heterocycles. The summed E-state index contributed by atoms with van der Waals surface area (Å²) in [6.45, 7) is 0. The zero-order valence-corrected chi connectivity index (χ0v) is 15.1. The van der Waals surface area contributed by atoms with Gasteiger partial charge in [-0.15, -0.1) is 46.4 Å². The summed E-state index contributed by atoms with van der Waals surface area (Å²) >= 11 is 22.6. The zero-order valence-electron chi connectivity index (χ0n) is 10.0. The highest BCUT2D eigenvalue weighted by molar-refractivity contribution is 6.44. The first-order chi connectivity index (χ1) is 8.13. The lowest BCUT2D eigenvalue weighted by Gasteiger charge is -2.02. The van der Waals surface area contributed by atoms with E-state index in [-0.39, 0.29) is 9.67 Å². The number of halogens is 4. The van der Waals surface area contributed by atoms with Crippen LogP contribution in [0.1, 0.15) is 32.1 Å². The van der Waals surface area contributed by atoms with E-state index < -0.39 is 0 Å². The van der Waals surface area contributed by atoms with Crippen LogP contribution < -0.4 is 0 Å². The van der Waals surface area contributed by atoms with E-state index in [1.54, 1.807) is 0 Å². The molecule has 0 aliphatic rings. The Hall–Kier alpha value is 1.59. The third-order valence-corrected chi connectivity index (χ3v) is 5.96. The normalized spacial score (nSPS) is 11.6. The average molecular weight is 350 g/mol. The van der Waals surface area contributed by atoms with Crippen LogP contribution in [0, 0.1) is 0 Å². The molecule has 0 rings (SSSR count). The van der Waals surface area contributed by atoms with Gasteiger partial charge in [-0.2, -0.15) is 0 Å². The minimum Gasteiger partial charge on any atom is -0.105 e. The van der Waals surface area contributed by atoms with Crippen molar-refractivity contribution in [1.29, 1.82) is 0 Å². The van der Waals surface area contributed by atoms with Gasteiger partial charge in [0.25, 0.3) is 0 Å². The van der Waals surface area contributed by atoms with E-state index in [9.17, 15) is 0 Å². The Labute approximate surface area is 131 Å². The van der Waals surface area contributed by atoms with Gasteiger partial charge in [0, 0.05) is 19.0 Å². The molecule has 0 aliphatic heterocycles. The lowest BCUT2D eigenvalue weighted by atomic mass is 10.4. The number of hydrogen-bond acceptors (Lipinski definition) is 0. The van der Waals surface area contributed by atoms with E-state index in [4.69, 9.17) is 46.4 Å². The van der Waals surface area contributed by atoms with E-state index in [1.807, 2.05) is 0 Å². The highest BCUT2D eigenvalue weighted by Gasteiger charge is 2.00. The highest BCUT2D eigenvalue weighted by atomic mass is 35.5. The monoisotopic (exact) mass is 348 g/mol. The molecule has 0 aromatic rings. The second-order valence-electron chi connectivity index (χ2n) is 3.92. The molecule has 0 saturated heterocycles. The summed E-state index contributed by atoms with van der Waals surface area (Å²) < 4.78 is 0. The van der Waals surface area contributed by atoms with Crippen molar-refractivity contribution in [2.75, 3.05) is 0 Å². The maximum Gasteiger partial charge on any atom is 0.107 e. The van der Waals surface area contributed by atoms with Gasteiger partial charge in [-0.1, -0.05) is 43.4 Å². The Morgan fingerprint density at radius 2 is 0.941 bits per heavy atom. The second-order valence-corrected chi connectivity index (χ2v) is 9.47. The first-order valence-corrected chi connectivity index (χ1v) is 10.7. The second kappa shape index (κ2) is 14.0. The van der Waals surface area contributed by atoms with E-state index in [0.717, 1.165) is 31.9 Å². The highest BCUT2D eigenvalue weighted by Crippen LogP contribution is 2.13. The lowest BCUT2D eigenvalue weighted by molar-refractivity contribution is 0.845. The van der Waals surface area contributed by atoms with Crippen molar-refractivity contribution in [1.82, 2.24) is 0 Å². The summed E-state index contributed by atoms with van der Waals surface area (Å²) in [6, 6.07) is 5.32. The van der Waals surface area contributed by atoms with Crippen LogP contribution in [-0.4, -0.2) is 28.7 Å². The van der Waals surface area contributed by atoms with Gasteiger partial charge in [0.15, 0.2) is 0 Å². The molecule has 4 radical (unpaired) electrons. The van der Waals surface area contributed by atoms with E-state index >= 15 is 0 Å². The number of hydrogen-bond donors (Lipinski definition) is 0. The molecule has 0 aromatic carbocycles. The predicted octanol–water partition coefficient (Wildman–Crippen LogP) is 5.63. The summed E-state index contributed by atoms with van der Waals surface area (Å²) in [7, 11) is 2.17. The molecule has 17 heavy (non-hydrogen) atoms. The van der Waals surface area contributed by atoms with Gasteiger partial charge in [0.2, 0.25) is 0 Å². The smallest absolute Gasteiger partial charge is 0.105 e. The van der Waals surface area contributed by atoms with Crippen molar-refractivity contribution in [2.45, 2.75) is 66.0 Å². The van der Waals surface area contributed by atoms with Gasteiger partial charge >= 0.3 is 0 Å². The van der Waals surface area contributed by atoms with E-state index in [1.165, 1.54) is 43.4 Å². The summed E-state index contributed by atoms with van der Waals surface area (Å²) in [5.74, 6) is 0. The molecule has 0 aliphatic carbocycles. The third kappa shape index (κ3) is 17.6. The fourth-order valence-electron chi connectivity index (χ4n) is 1.35. The van der Waals surface area contributed by atoms with Gasteiger partial charge in [-0.05, 0) is 12.8 Å². The molecule has 6 heteroatoms. The van der Waals surface area contributed by atoms with Crippen LogP contribution in [0.25, 0.3) is 0 Å². The van der Waals surface area contributed by atoms with Crippen molar-refractivity contribution in [2.24, 2.45) is 0 Å². The standard InChI is InChI=1S/C11H20Cl4Si2/c12-10(13)4-1-6-16-8-3-9-17-7-2-5-11(14)15/h10-11H,1-9H2. The fraction of sp³-hybridized carbons (Fsp3) is 1.00. The zero-order chi connectivity index (χ0) is 12.9. The Balaban J connectivity index is 2.94. The molecular formula is C11H20Cl4Si2. The maximum atomic E-state index is 5.66. The Kier molecular flexibility index (Phi) is 15.3. The van der Waals surface area contributed by atoms with Gasteiger partial charge in [0.05, 0.1) is 0 Å². The maximum absolute atomic E-state index is 5.66. The first kappa shape index (κ1) is 18.6.